The Balaban J connectivity index is 2.01. The molecular weight excluding hydrogens is 292 g/mol. The molecule has 1 atom stereocenters. The van der Waals surface area contributed by atoms with E-state index in [9.17, 15) is 9.59 Å². The number of amides is 2. The van der Waals surface area contributed by atoms with Crippen molar-refractivity contribution in [2.45, 2.75) is 38.8 Å². The Morgan fingerprint density at radius 2 is 2.19 bits per heavy atom. The molecule has 1 aromatic heterocycles. The van der Waals surface area contributed by atoms with Crippen LogP contribution in [-0.4, -0.2) is 35.4 Å². The van der Waals surface area contributed by atoms with E-state index in [-0.39, 0.29) is 22.9 Å². The molecular formula is C14H19ClN4O2. The molecule has 7 heteroatoms. The monoisotopic (exact) mass is 310 g/mol. The van der Waals surface area contributed by atoms with Gasteiger partial charge in [0, 0.05) is 18.8 Å². The molecule has 114 valence electrons. The lowest BCUT2D eigenvalue weighted by Gasteiger charge is -2.15. The number of nitrogens with one attached hydrogen (secondary N) is 3. The molecule has 2 rings (SSSR count). The predicted octanol–water partition coefficient (Wildman–Crippen LogP) is 1.56. The molecule has 0 spiro atoms. The van der Waals surface area contributed by atoms with Gasteiger partial charge in [0.2, 0.25) is 5.91 Å². The minimum atomic E-state index is -0.607. The molecule has 6 nitrogen and oxygen atoms in total. The van der Waals surface area contributed by atoms with Gasteiger partial charge in [0.1, 0.15) is 11.9 Å². The first-order chi connectivity index (χ1) is 10.0. The number of rotatable bonds is 6. The normalized spacial score (nSPS) is 15.2. The first-order valence-corrected chi connectivity index (χ1v) is 7.39. The predicted molar refractivity (Wildman–Crippen MR) is 81.5 cm³/mol. The molecule has 21 heavy (non-hydrogen) atoms. The van der Waals surface area contributed by atoms with Crippen LogP contribution in [0.4, 0.5) is 5.82 Å². The van der Waals surface area contributed by atoms with Gasteiger partial charge in [0.05, 0.1) is 10.6 Å². The van der Waals surface area contributed by atoms with Crippen molar-refractivity contribution in [3.05, 3.63) is 22.8 Å². The summed E-state index contributed by atoms with van der Waals surface area (Å²) in [5, 5.41) is 8.76. The maximum Gasteiger partial charge on any atom is 0.253 e. The molecule has 0 bridgehead atoms. The highest BCUT2D eigenvalue weighted by Crippen LogP contribution is 2.19. The zero-order valence-electron chi connectivity index (χ0n) is 12.1. The first kappa shape index (κ1) is 15.6. The third-order valence-electron chi connectivity index (χ3n) is 3.12. The number of anilines is 1. The number of carbonyl (C=O) groups excluding carboxylic acids is 2. The number of hydrogen-bond donors (Lipinski definition) is 3. The van der Waals surface area contributed by atoms with Crippen molar-refractivity contribution >= 4 is 29.2 Å². The molecule has 1 aliphatic carbocycles. The van der Waals surface area contributed by atoms with Gasteiger partial charge in [0.15, 0.2) is 0 Å². The van der Waals surface area contributed by atoms with Crippen LogP contribution in [0.2, 0.25) is 5.02 Å². The lowest BCUT2D eigenvalue weighted by atomic mass is 10.2. The Morgan fingerprint density at radius 1 is 1.48 bits per heavy atom. The smallest absolute Gasteiger partial charge is 0.253 e. The zero-order chi connectivity index (χ0) is 15.4. The topological polar surface area (TPSA) is 83.1 Å². The SMILES string of the molecule is CCNc1cc(C(=O)NC(C)C(=O)NC2CC2)c(Cl)cn1. The van der Waals surface area contributed by atoms with Crippen LogP contribution in [0, 0.1) is 0 Å². The summed E-state index contributed by atoms with van der Waals surface area (Å²) in [5.74, 6) is 0.00469. The van der Waals surface area contributed by atoms with Crippen LogP contribution in [0.5, 0.6) is 0 Å². The van der Waals surface area contributed by atoms with E-state index in [1.54, 1.807) is 13.0 Å². The van der Waals surface area contributed by atoms with Gasteiger partial charge < -0.3 is 16.0 Å². The van der Waals surface area contributed by atoms with Crippen LogP contribution in [0.15, 0.2) is 12.3 Å². The summed E-state index contributed by atoms with van der Waals surface area (Å²) in [5.41, 5.74) is 0.300. The van der Waals surface area contributed by atoms with Crippen molar-refractivity contribution in [2.24, 2.45) is 0 Å². The summed E-state index contributed by atoms with van der Waals surface area (Å²) in [6, 6.07) is 1.23. The van der Waals surface area contributed by atoms with Gasteiger partial charge in [-0.3, -0.25) is 9.59 Å². The van der Waals surface area contributed by atoms with E-state index in [1.807, 2.05) is 6.92 Å². The van der Waals surface area contributed by atoms with Crippen molar-refractivity contribution < 1.29 is 9.59 Å². The van der Waals surface area contributed by atoms with Crippen LogP contribution < -0.4 is 16.0 Å². The first-order valence-electron chi connectivity index (χ1n) is 7.02. The molecule has 1 fully saturated rings. The van der Waals surface area contributed by atoms with Crippen LogP contribution in [0.3, 0.4) is 0 Å². The van der Waals surface area contributed by atoms with E-state index in [2.05, 4.69) is 20.9 Å². The van der Waals surface area contributed by atoms with Gasteiger partial charge in [-0.2, -0.15) is 0 Å². The average molecular weight is 311 g/mol. The largest absolute Gasteiger partial charge is 0.370 e. The maximum atomic E-state index is 12.2. The van der Waals surface area contributed by atoms with E-state index >= 15 is 0 Å². The number of halogens is 1. The van der Waals surface area contributed by atoms with Gasteiger partial charge >= 0.3 is 0 Å². The highest BCUT2D eigenvalue weighted by atomic mass is 35.5. The molecule has 1 saturated carbocycles. The van der Waals surface area contributed by atoms with Crippen LogP contribution in [0.25, 0.3) is 0 Å². The van der Waals surface area contributed by atoms with Crippen molar-refractivity contribution in [1.82, 2.24) is 15.6 Å². The molecule has 1 aliphatic rings. The highest BCUT2D eigenvalue weighted by Gasteiger charge is 2.26. The molecule has 0 aliphatic heterocycles. The Bertz CT molecular complexity index is 546. The number of hydrogen-bond acceptors (Lipinski definition) is 4. The van der Waals surface area contributed by atoms with E-state index < -0.39 is 6.04 Å². The molecule has 1 unspecified atom stereocenters. The van der Waals surface area contributed by atoms with Gasteiger partial charge in [-0.25, -0.2) is 4.98 Å². The fraction of sp³-hybridized carbons (Fsp3) is 0.500. The van der Waals surface area contributed by atoms with Crippen molar-refractivity contribution in [3.8, 4) is 0 Å². The Hall–Kier alpha value is -1.82. The quantitative estimate of drug-likeness (QED) is 0.744. The standard InChI is InChI=1S/C14H19ClN4O2/c1-3-16-12-6-10(11(15)7-17-12)14(21)18-8(2)13(20)19-9-4-5-9/h6-9H,3-5H2,1-2H3,(H,16,17)(H,18,21)(H,19,20). The second kappa shape index (κ2) is 6.76. The summed E-state index contributed by atoms with van der Waals surface area (Å²) in [6.07, 6.45) is 3.44. The van der Waals surface area contributed by atoms with E-state index in [4.69, 9.17) is 11.6 Å². The number of carbonyl (C=O) groups is 2. The van der Waals surface area contributed by atoms with Crippen LogP contribution in [0.1, 0.15) is 37.0 Å². The number of pyridine rings is 1. The van der Waals surface area contributed by atoms with E-state index in [1.165, 1.54) is 6.20 Å². The van der Waals surface area contributed by atoms with Gasteiger partial charge in [0.25, 0.3) is 5.91 Å². The molecule has 2 amide bonds. The Morgan fingerprint density at radius 3 is 2.81 bits per heavy atom. The second-order valence-electron chi connectivity index (χ2n) is 5.06. The summed E-state index contributed by atoms with van der Waals surface area (Å²) in [6.45, 7) is 4.27. The third-order valence-corrected chi connectivity index (χ3v) is 3.42. The van der Waals surface area contributed by atoms with E-state index in [0.717, 1.165) is 12.8 Å². The summed E-state index contributed by atoms with van der Waals surface area (Å²) < 4.78 is 0. The number of nitrogens with zero attached hydrogens (tertiary/aromatic N) is 1. The van der Waals surface area contributed by atoms with Crippen molar-refractivity contribution in [1.29, 1.82) is 0 Å². The fourth-order valence-corrected chi connectivity index (χ4v) is 1.97. The highest BCUT2D eigenvalue weighted by molar-refractivity contribution is 6.33. The zero-order valence-corrected chi connectivity index (χ0v) is 12.8. The number of aromatic nitrogens is 1. The Kier molecular flexibility index (Phi) is 5.01. The van der Waals surface area contributed by atoms with Crippen molar-refractivity contribution in [2.75, 3.05) is 11.9 Å². The maximum absolute atomic E-state index is 12.2. The van der Waals surface area contributed by atoms with Crippen LogP contribution in [-0.2, 0) is 4.79 Å². The lowest BCUT2D eigenvalue weighted by Crippen LogP contribution is -2.45. The van der Waals surface area contributed by atoms with Gasteiger partial charge in [-0.05, 0) is 32.8 Å². The summed E-state index contributed by atoms with van der Waals surface area (Å²) in [4.78, 5) is 28.1. The van der Waals surface area contributed by atoms with Crippen molar-refractivity contribution in [3.63, 3.8) is 0 Å². The summed E-state index contributed by atoms with van der Waals surface area (Å²) >= 11 is 6.00. The third kappa shape index (κ3) is 4.32. The molecule has 1 aromatic rings. The van der Waals surface area contributed by atoms with Crippen LogP contribution >= 0.6 is 11.6 Å². The second-order valence-corrected chi connectivity index (χ2v) is 5.46. The molecule has 0 saturated heterocycles. The van der Waals surface area contributed by atoms with E-state index in [0.29, 0.717) is 17.9 Å². The fourth-order valence-electron chi connectivity index (χ4n) is 1.78. The molecule has 3 N–H and O–H groups in total. The Labute approximate surface area is 128 Å². The minimum Gasteiger partial charge on any atom is -0.370 e. The molecule has 0 aromatic carbocycles. The van der Waals surface area contributed by atoms with Gasteiger partial charge in [-0.15, -0.1) is 0 Å². The average Bonchev–Trinajstić information content (AvgIpc) is 3.24. The molecule has 1 heterocycles. The molecule has 0 radical (unpaired) electrons. The van der Waals surface area contributed by atoms with Gasteiger partial charge in [-0.1, -0.05) is 11.6 Å². The summed E-state index contributed by atoms with van der Waals surface area (Å²) in [7, 11) is 0. The lowest BCUT2D eigenvalue weighted by molar-refractivity contribution is -0.122. The minimum absolute atomic E-state index is 0.178.